The maximum atomic E-state index is 5.63. The number of hydrogen-bond donors (Lipinski definition) is 3. The molecule has 1 aromatic heterocycles. The fourth-order valence-electron chi connectivity index (χ4n) is 4.01. The predicted octanol–water partition coefficient (Wildman–Crippen LogP) is 4.06. The summed E-state index contributed by atoms with van der Waals surface area (Å²) in [5, 5.41) is 14.4. The zero-order valence-electron chi connectivity index (χ0n) is 17.8. The van der Waals surface area contributed by atoms with E-state index in [-0.39, 0.29) is 6.79 Å². The van der Waals surface area contributed by atoms with Gasteiger partial charge in [-0.15, -0.1) is 0 Å². The number of ether oxygens (including phenoxy) is 3. The second kappa shape index (κ2) is 8.39. The van der Waals surface area contributed by atoms with E-state index in [1.807, 2.05) is 36.4 Å². The molecule has 0 bridgehead atoms. The molecule has 8 nitrogen and oxygen atoms in total. The molecular weight excluding hydrogens is 394 g/mol. The first-order valence-corrected chi connectivity index (χ1v) is 10.5. The number of nitrogens with zero attached hydrogens (tertiary/aromatic N) is 2. The molecule has 0 saturated carbocycles. The maximum absolute atomic E-state index is 5.63. The molecule has 5 rings (SSSR count). The van der Waals surface area contributed by atoms with Crippen LogP contribution >= 0.6 is 0 Å². The summed E-state index contributed by atoms with van der Waals surface area (Å²) < 4.78 is 16.5. The van der Waals surface area contributed by atoms with Crippen LogP contribution in [0.25, 0.3) is 11.3 Å². The Labute approximate surface area is 181 Å². The van der Waals surface area contributed by atoms with Crippen LogP contribution in [0.3, 0.4) is 0 Å². The molecule has 0 spiro atoms. The van der Waals surface area contributed by atoms with Gasteiger partial charge in [-0.3, -0.25) is 5.10 Å². The smallest absolute Gasteiger partial charge is 0.231 e. The van der Waals surface area contributed by atoms with Crippen molar-refractivity contribution in [3.8, 4) is 28.5 Å². The van der Waals surface area contributed by atoms with Crippen LogP contribution in [0.4, 0.5) is 17.2 Å². The Kier molecular flexibility index (Phi) is 5.30. The van der Waals surface area contributed by atoms with E-state index in [9.17, 15) is 0 Å². The molecule has 1 saturated heterocycles. The number of rotatable bonds is 6. The van der Waals surface area contributed by atoms with E-state index in [0.29, 0.717) is 11.9 Å². The van der Waals surface area contributed by atoms with Gasteiger partial charge in [-0.05, 0) is 63.3 Å². The molecule has 2 aliphatic heterocycles. The summed E-state index contributed by atoms with van der Waals surface area (Å²) in [4.78, 5) is 2.37. The summed E-state index contributed by atoms with van der Waals surface area (Å²) >= 11 is 0. The maximum Gasteiger partial charge on any atom is 0.231 e. The minimum Gasteiger partial charge on any atom is -0.494 e. The van der Waals surface area contributed by atoms with Crippen LogP contribution in [0.5, 0.6) is 17.2 Å². The van der Waals surface area contributed by atoms with Gasteiger partial charge in [0.1, 0.15) is 5.75 Å². The molecule has 0 atom stereocenters. The van der Waals surface area contributed by atoms with E-state index < -0.39 is 0 Å². The molecule has 1 fully saturated rings. The van der Waals surface area contributed by atoms with E-state index >= 15 is 0 Å². The van der Waals surface area contributed by atoms with Crippen molar-refractivity contribution in [2.24, 2.45) is 0 Å². The summed E-state index contributed by atoms with van der Waals surface area (Å²) in [5.41, 5.74) is 3.80. The number of hydrogen-bond acceptors (Lipinski definition) is 7. The van der Waals surface area contributed by atoms with Crippen molar-refractivity contribution in [2.75, 3.05) is 44.7 Å². The third-order valence-electron chi connectivity index (χ3n) is 5.82. The third-order valence-corrected chi connectivity index (χ3v) is 5.82. The largest absolute Gasteiger partial charge is 0.494 e. The van der Waals surface area contributed by atoms with Crippen LogP contribution < -0.4 is 24.8 Å². The van der Waals surface area contributed by atoms with Crippen LogP contribution in [-0.2, 0) is 0 Å². The van der Waals surface area contributed by atoms with Crippen LogP contribution in [0.2, 0.25) is 0 Å². The van der Waals surface area contributed by atoms with Gasteiger partial charge in [0.2, 0.25) is 6.79 Å². The highest BCUT2D eigenvalue weighted by Crippen LogP contribution is 2.36. The number of anilines is 3. The van der Waals surface area contributed by atoms with Crippen molar-refractivity contribution in [1.29, 1.82) is 0 Å². The summed E-state index contributed by atoms with van der Waals surface area (Å²) in [6.07, 6.45) is 2.30. The average Bonchev–Trinajstić information content (AvgIpc) is 3.45. The third kappa shape index (κ3) is 4.25. The van der Waals surface area contributed by atoms with Crippen LogP contribution in [0.15, 0.2) is 42.5 Å². The number of fused-ring (bicyclic) bond motifs is 1. The van der Waals surface area contributed by atoms with Gasteiger partial charge in [0, 0.05) is 29.4 Å². The molecule has 31 heavy (non-hydrogen) atoms. The molecule has 3 N–H and O–H groups in total. The Balaban J connectivity index is 1.29. The summed E-state index contributed by atoms with van der Waals surface area (Å²) in [5.74, 6) is 2.99. The minimum absolute atomic E-state index is 0.261. The van der Waals surface area contributed by atoms with E-state index in [4.69, 9.17) is 14.2 Å². The van der Waals surface area contributed by atoms with Crippen molar-refractivity contribution in [3.63, 3.8) is 0 Å². The zero-order valence-corrected chi connectivity index (χ0v) is 17.8. The molecule has 3 heterocycles. The highest BCUT2D eigenvalue weighted by Gasteiger charge is 2.18. The molecule has 0 radical (unpaired) electrons. The zero-order chi connectivity index (χ0) is 21.2. The van der Waals surface area contributed by atoms with Gasteiger partial charge in [0.15, 0.2) is 17.3 Å². The van der Waals surface area contributed by atoms with Gasteiger partial charge in [-0.25, -0.2) is 0 Å². The first-order chi connectivity index (χ1) is 15.2. The van der Waals surface area contributed by atoms with Crippen LogP contribution in [0.1, 0.15) is 12.8 Å². The van der Waals surface area contributed by atoms with Crippen LogP contribution in [0, 0.1) is 0 Å². The standard InChI is InChI=1S/C23H27N5O3/c1-28-9-7-16(8-10-28)24-17-4-5-18(21(12-17)29-2)25-23-13-19(26-27-23)15-3-6-20-22(11-15)31-14-30-20/h3-6,11-13,16,24H,7-10,14H2,1-2H3,(H2,25,26,27). The SMILES string of the molecule is COc1cc(NC2CCN(C)CC2)ccc1Nc1cc(-c2ccc3c(c2)OCO3)[nH]n1. The van der Waals surface area contributed by atoms with Gasteiger partial charge >= 0.3 is 0 Å². The van der Waals surface area contributed by atoms with Crippen molar-refractivity contribution < 1.29 is 14.2 Å². The Bertz CT molecular complexity index is 1060. The van der Waals surface area contributed by atoms with Crippen molar-refractivity contribution in [3.05, 3.63) is 42.5 Å². The summed E-state index contributed by atoms with van der Waals surface area (Å²) in [6, 6.07) is 14.4. The Morgan fingerprint density at radius 3 is 2.74 bits per heavy atom. The van der Waals surface area contributed by atoms with Crippen molar-refractivity contribution >= 4 is 17.2 Å². The van der Waals surface area contributed by atoms with Gasteiger partial charge < -0.3 is 29.7 Å². The molecule has 0 amide bonds. The number of likely N-dealkylation sites (tertiary alicyclic amines) is 1. The lowest BCUT2D eigenvalue weighted by Crippen LogP contribution is -2.36. The Hall–Kier alpha value is -3.39. The summed E-state index contributed by atoms with van der Waals surface area (Å²) in [6.45, 7) is 2.51. The number of aromatic amines is 1. The topological polar surface area (TPSA) is 83.7 Å². The first-order valence-electron chi connectivity index (χ1n) is 10.5. The number of benzene rings is 2. The molecule has 8 heteroatoms. The minimum atomic E-state index is 0.261. The number of H-pyrrole nitrogens is 1. The Morgan fingerprint density at radius 1 is 1.06 bits per heavy atom. The number of aromatic nitrogens is 2. The van der Waals surface area contributed by atoms with E-state index in [1.54, 1.807) is 7.11 Å². The Morgan fingerprint density at radius 2 is 1.90 bits per heavy atom. The average molecular weight is 422 g/mol. The quantitative estimate of drug-likeness (QED) is 0.553. The fraction of sp³-hybridized carbons (Fsp3) is 0.348. The van der Waals surface area contributed by atoms with Crippen molar-refractivity contribution in [1.82, 2.24) is 15.1 Å². The fourth-order valence-corrected chi connectivity index (χ4v) is 4.01. The van der Waals surface area contributed by atoms with Gasteiger partial charge in [-0.1, -0.05) is 0 Å². The van der Waals surface area contributed by atoms with Crippen LogP contribution in [-0.4, -0.2) is 55.2 Å². The van der Waals surface area contributed by atoms with Crippen molar-refractivity contribution in [2.45, 2.75) is 18.9 Å². The lowest BCUT2D eigenvalue weighted by molar-refractivity contribution is 0.174. The highest BCUT2D eigenvalue weighted by molar-refractivity contribution is 5.72. The number of piperidine rings is 1. The molecule has 2 aliphatic rings. The number of methoxy groups -OCH3 is 1. The molecule has 3 aromatic rings. The first kappa shape index (κ1) is 19.6. The van der Waals surface area contributed by atoms with Gasteiger partial charge in [0.25, 0.3) is 0 Å². The predicted molar refractivity (Wildman–Crippen MR) is 121 cm³/mol. The molecule has 162 valence electrons. The normalized spacial score (nSPS) is 16.3. The van der Waals surface area contributed by atoms with E-state index in [1.165, 1.54) is 0 Å². The molecule has 0 unspecified atom stereocenters. The molecule has 0 aliphatic carbocycles. The summed E-state index contributed by atoms with van der Waals surface area (Å²) in [7, 11) is 3.86. The van der Waals surface area contributed by atoms with Gasteiger partial charge in [0.05, 0.1) is 18.5 Å². The monoisotopic (exact) mass is 421 g/mol. The second-order valence-electron chi connectivity index (χ2n) is 8.00. The lowest BCUT2D eigenvalue weighted by Gasteiger charge is -2.30. The van der Waals surface area contributed by atoms with E-state index in [0.717, 1.165) is 65.8 Å². The van der Waals surface area contributed by atoms with Gasteiger partial charge in [-0.2, -0.15) is 5.10 Å². The number of nitrogens with one attached hydrogen (secondary N) is 3. The van der Waals surface area contributed by atoms with E-state index in [2.05, 4.69) is 38.8 Å². The molecular formula is C23H27N5O3. The second-order valence-corrected chi connectivity index (χ2v) is 8.00. The lowest BCUT2D eigenvalue weighted by atomic mass is 10.1. The molecule has 2 aromatic carbocycles. The highest BCUT2D eigenvalue weighted by atomic mass is 16.7.